The van der Waals surface area contributed by atoms with Crippen molar-refractivity contribution in [1.29, 1.82) is 0 Å². The number of piperidine rings is 1. The van der Waals surface area contributed by atoms with Crippen molar-refractivity contribution in [2.75, 3.05) is 10.3 Å². The van der Waals surface area contributed by atoms with Crippen LogP contribution in [0.25, 0.3) is 0 Å². The molecule has 4 N–H and O–H groups in total. The van der Waals surface area contributed by atoms with Crippen molar-refractivity contribution in [3.05, 3.63) is 11.8 Å². The van der Waals surface area contributed by atoms with Gasteiger partial charge in [-0.2, -0.15) is 18.2 Å². The fraction of sp³-hybridized carbons (Fsp3) is 0.667. The maximum atomic E-state index is 12.9. The summed E-state index contributed by atoms with van der Waals surface area (Å²) in [5, 5.41) is 9.77. The Bertz CT molecular complexity index is 524. The molecule has 1 aromatic rings. The summed E-state index contributed by atoms with van der Waals surface area (Å²) in [5.74, 6) is 5.12. The van der Waals surface area contributed by atoms with Crippen molar-refractivity contribution in [3.63, 3.8) is 0 Å². The van der Waals surface area contributed by atoms with Gasteiger partial charge in [0.15, 0.2) is 5.69 Å². The van der Waals surface area contributed by atoms with Crippen molar-refractivity contribution in [2.45, 2.75) is 50.0 Å². The largest absolute Gasteiger partial charge is 0.433 e. The number of nitrogens with zero attached hydrogens (tertiary/aromatic N) is 3. The van der Waals surface area contributed by atoms with Crippen LogP contribution in [0.2, 0.25) is 0 Å². The fourth-order valence-corrected chi connectivity index (χ4v) is 3.30. The van der Waals surface area contributed by atoms with Crippen molar-refractivity contribution in [1.82, 2.24) is 9.97 Å². The predicted molar refractivity (Wildman–Crippen MR) is 69.4 cm³/mol. The summed E-state index contributed by atoms with van der Waals surface area (Å²) in [7, 11) is 0. The minimum Gasteiger partial charge on any atom is -0.393 e. The molecule has 0 spiro atoms. The summed E-state index contributed by atoms with van der Waals surface area (Å²) >= 11 is 0. The molecule has 6 nitrogen and oxygen atoms in total. The van der Waals surface area contributed by atoms with E-state index in [2.05, 4.69) is 15.4 Å². The standard InChI is InChI=1S/C12H16F3N5O/c13-12(14,15)9-5-10(18-11(17-9)19-16)20-6-1-2-7(20)4-8(21)3-6/h5-8,21H,1-4,16H2,(H,17,18,19). The molecule has 2 aliphatic heterocycles. The summed E-state index contributed by atoms with van der Waals surface area (Å²) in [6.07, 6.45) is -2.16. The second kappa shape index (κ2) is 4.99. The van der Waals surface area contributed by atoms with Gasteiger partial charge in [-0.25, -0.2) is 10.8 Å². The van der Waals surface area contributed by atoms with Gasteiger partial charge in [0.2, 0.25) is 5.95 Å². The van der Waals surface area contributed by atoms with Gasteiger partial charge < -0.3 is 10.0 Å². The molecule has 2 unspecified atom stereocenters. The molecule has 0 amide bonds. The lowest BCUT2D eigenvalue weighted by Crippen LogP contribution is -2.45. The van der Waals surface area contributed by atoms with Gasteiger partial charge in [0, 0.05) is 18.2 Å². The van der Waals surface area contributed by atoms with Crippen LogP contribution in [0.15, 0.2) is 6.07 Å². The van der Waals surface area contributed by atoms with Crippen molar-refractivity contribution >= 4 is 11.8 Å². The normalized spacial score (nSPS) is 28.8. The number of aliphatic hydroxyl groups excluding tert-OH is 1. The zero-order valence-electron chi connectivity index (χ0n) is 11.1. The lowest BCUT2D eigenvalue weighted by Gasteiger charge is -2.38. The molecule has 2 fully saturated rings. The summed E-state index contributed by atoms with van der Waals surface area (Å²) in [6, 6.07) is 0.977. The van der Waals surface area contributed by atoms with E-state index in [-0.39, 0.29) is 23.8 Å². The molecule has 21 heavy (non-hydrogen) atoms. The number of anilines is 2. The van der Waals surface area contributed by atoms with Crippen molar-refractivity contribution in [2.24, 2.45) is 5.84 Å². The molecule has 2 aliphatic rings. The molecular weight excluding hydrogens is 287 g/mol. The number of hydrogen-bond acceptors (Lipinski definition) is 6. The first-order chi connectivity index (χ1) is 9.88. The molecule has 0 aliphatic carbocycles. The molecular formula is C12H16F3N5O. The van der Waals surface area contributed by atoms with Crippen LogP contribution < -0.4 is 16.2 Å². The van der Waals surface area contributed by atoms with Gasteiger partial charge in [-0.15, -0.1) is 0 Å². The molecule has 1 aromatic heterocycles. The van der Waals surface area contributed by atoms with Crippen LogP contribution in [-0.2, 0) is 6.18 Å². The third-order valence-corrected chi connectivity index (χ3v) is 4.10. The molecule has 3 heterocycles. The van der Waals surface area contributed by atoms with Crippen molar-refractivity contribution < 1.29 is 18.3 Å². The maximum Gasteiger partial charge on any atom is 0.433 e. The number of rotatable bonds is 2. The molecule has 2 saturated heterocycles. The SMILES string of the molecule is NNc1nc(N2C3CCC2CC(O)C3)cc(C(F)(F)F)n1. The Morgan fingerprint density at radius 2 is 1.86 bits per heavy atom. The topological polar surface area (TPSA) is 87.3 Å². The Balaban J connectivity index is 1.99. The van der Waals surface area contributed by atoms with Crippen LogP contribution in [0.4, 0.5) is 24.9 Å². The van der Waals surface area contributed by atoms with Gasteiger partial charge in [-0.05, 0) is 25.7 Å². The highest BCUT2D eigenvalue weighted by Gasteiger charge is 2.42. The van der Waals surface area contributed by atoms with Gasteiger partial charge >= 0.3 is 6.18 Å². The van der Waals surface area contributed by atoms with Crippen LogP contribution in [0.5, 0.6) is 0 Å². The molecule has 0 saturated carbocycles. The van der Waals surface area contributed by atoms with Gasteiger partial charge in [0.25, 0.3) is 0 Å². The number of hydrogen-bond donors (Lipinski definition) is 3. The second-order valence-electron chi connectivity index (χ2n) is 5.49. The first-order valence-corrected chi connectivity index (χ1v) is 6.78. The lowest BCUT2D eigenvalue weighted by atomic mass is 10.00. The molecule has 3 rings (SSSR count). The number of aromatic nitrogens is 2. The Labute approximate surface area is 119 Å². The quantitative estimate of drug-likeness (QED) is 0.563. The summed E-state index contributed by atoms with van der Waals surface area (Å²) in [6.45, 7) is 0. The molecule has 2 bridgehead atoms. The number of nitrogen functional groups attached to an aromatic ring is 1. The first kappa shape index (κ1) is 14.3. The summed E-state index contributed by atoms with van der Waals surface area (Å²) in [5.41, 5.74) is 1.06. The van der Waals surface area contributed by atoms with Gasteiger partial charge in [-0.1, -0.05) is 0 Å². The highest BCUT2D eigenvalue weighted by Crippen LogP contribution is 2.40. The molecule has 0 aromatic carbocycles. The molecule has 9 heteroatoms. The zero-order chi connectivity index (χ0) is 15.2. The third-order valence-electron chi connectivity index (χ3n) is 4.10. The second-order valence-corrected chi connectivity index (χ2v) is 5.49. The van der Waals surface area contributed by atoms with E-state index < -0.39 is 18.0 Å². The van der Waals surface area contributed by atoms with Gasteiger partial charge in [0.05, 0.1) is 6.10 Å². The first-order valence-electron chi connectivity index (χ1n) is 6.78. The highest BCUT2D eigenvalue weighted by molar-refractivity contribution is 5.49. The van der Waals surface area contributed by atoms with Gasteiger partial charge in [-0.3, -0.25) is 5.43 Å². The van der Waals surface area contributed by atoms with E-state index in [1.54, 1.807) is 0 Å². The van der Waals surface area contributed by atoms with E-state index in [0.29, 0.717) is 12.8 Å². The Kier molecular flexibility index (Phi) is 3.40. The van der Waals surface area contributed by atoms with E-state index in [1.807, 2.05) is 4.90 Å². The predicted octanol–water partition coefficient (Wildman–Crippen LogP) is 1.27. The Hall–Kier alpha value is -1.61. The van der Waals surface area contributed by atoms with E-state index in [1.165, 1.54) is 0 Å². The number of aliphatic hydroxyl groups is 1. The lowest BCUT2D eigenvalue weighted by molar-refractivity contribution is -0.141. The number of nitrogens with one attached hydrogen (secondary N) is 1. The van der Waals surface area contributed by atoms with Crippen LogP contribution >= 0.6 is 0 Å². The van der Waals surface area contributed by atoms with Crippen LogP contribution in [0.1, 0.15) is 31.4 Å². The van der Waals surface area contributed by atoms with Crippen molar-refractivity contribution in [3.8, 4) is 0 Å². The Morgan fingerprint density at radius 3 is 2.38 bits per heavy atom. The minimum absolute atomic E-state index is 0.0142. The minimum atomic E-state index is -4.56. The van der Waals surface area contributed by atoms with Crippen LogP contribution in [0, 0.1) is 0 Å². The summed E-state index contributed by atoms with van der Waals surface area (Å²) < 4.78 is 38.7. The van der Waals surface area contributed by atoms with E-state index in [9.17, 15) is 18.3 Å². The number of hydrazine groups is 1. The number of alkyl halides is 3. The average Bonchev–Trinajstić information content (AvgIpc) is 2.69. The van der Waals surface area contributed by atoms with E-state index in [0.717, 1.165) is 18.9 Å². The van der Waals surface area contributed by atoms with E-state index in [4.69, 9.17) is 5.84 Å². The fourth-order valence-electron chi connectivity index (χ4n) is 3.30. The monoisotopic (exact) mass is 303 g/mol. The number of nitrogens with two attached hydrogens (primary N) is 1. The zero-order valence-corrected chi connectivity index (χ0v) is 11.1. The van der Waals surface area contributed by atoms with E-state index >= 15 is 0 Å². The number of halogens is 3. The van der Waals surface area contributed by atoms with Crippen LogP contribution in [-0.4, -0.2) is 33.3 Å². The smallest absolute Gasteiger partial charge is 0.393 e. The molecule has 2 atom stereocenters. The molecule has 116 valence electrons. The van der Waals surface area contributed by atoms with Crippen LogP contribution in [0.3, 0.4) is 0 Å². The molecule has 0 radical (unpaired) electrons. The third kappa shape index (κ3) is 2.62. The van der Waals surface area contributed by atoms with Gasteiger partial charge in [0.1, 0.15) is 5.82 Å². The highest BCUT2D eigenvalue weighted by atomic mass is 19.4. The summed E-state index contributed by atoms with van der Waals surface area (Å²) in [4.78, 5) is 9.27. The maximum absolute atomic E-state index is 12.9. The number of fused-ring (bicyclic) bond motifs is 2. The Morgan fingerprint density at radius 1 is 1.24 bits per heavy atom. The average molecular weight is 303 g/mol.